The summed E-state index contributed by atoms with van der Waals surface area (Å²) in [6, 6.07) is 10.6. The number of amides is 1. The van der Waals surface area contributed by atoms with Crippen LogP contribution >= 0.6 is 11.3 Å². The first-order chi connectivity index (χ1) is 12.1. The number of pyridine rings is 1. The fraction of sp³-hybridized carbons (Fsp3) is 0.158. The highest BCUT2D eigenvalue weighted by molar-refractivity contribution is 7.09. The van der Waals surface area contributed by atoms with Crippen LogP contribution in [-0.4, -0.2) is 22.3 Å². The summed E-state index contributed by atoms with van der Waals surface area (Å²) >= 11 is 1.61. The van der Waals surface area contributed by atoms with E-state index in [1.165, 1.54) is 6.07 Å². The van der Waals surface area contributed by atoms with Gasteiger partial charge in [0.1, 0.15) is 11.6 Å². The molecule has 0 aliphatic rings. The highest BCUT2D eigenvalue weighted by Crippen LogP contribution is 2.16. The molecular weight excluding hydrogens is 342 g/mol. The zero-order valence-electron chi connectivity index (χ0n) is 13.4. The molecule has 0 bridgehead atoms. The van der Waals surface area contributed by atoms with Crippen LogP contribution in [0.5, 0.6) is 0 Å². The lowest BCUT2D eigenvalue weighted by molar-refractivity contribution is 0.0740. The predicted molar refractivity (Wildman–Crippen MR) is 93.4 cm³/mol. The summed E-state index contributed by atoms with van der Waals surface area (Å²) in [4.78, 5) is 19.5. The van der Waals surface area contributed by atoms with Crippen molar-refractivity contribution in [2.24, 2.45) is 0 Å². The Labute approximate surface area is 148 Å². The number of halogens is 2. The minimum absolute atomic E-state index is 0.128. The highest BCUT2D eigenvalue weighted by atomic mass is 32.1. The van der Waals surface area contributed by atoms with Gasteiger partial charge in [-0.05, 0) is 41.6 Å². The van der Waals surface area contributed by atoms with Gasteiger partial charge < -0.3 is 4.90 Å². The number of rotatable bonds is 6. The minimum Gasteiger partial charge on any atom is -0.334 e. The van der Waals surface area contributed by atoms with Crippen molar-refractivity contribution in [1.82, 2.24) is 9.88 Å². The number of carbonyl (C=O) groups excluding carboxylic acids is 1. The third kappa shape index (κ3) is 4.48. The van der Waals surface area contributed by atoms with Crippen molar-refractivity contribution in [1.29, 1.82) is 0 Å². The Bertz CT molecular complexity index is 838. The topological polar surface area (TPSA) is 33.2 Å². The Morgan fingerprint density at radius 3 is 2.72 bits per heavy atom. The minimum atomic E-state index is -0.850. The van der Waals surface area contributed by atoms with E-state index in [9.17, 15) is 13.6 Å². The van der Waals surface area contributed by atoms with Gasteiger partial charge in [0.05, 0.1) is 5.56 Å². The third-order valence-electron chi connectivity index (χ3n) is 3.75. The van der Waals surface area contributed by atoms with Gasteiger partial charge in [-0.3, -0.25) is 9.78 Å². The van der Waals surface area contributed by atoms with Crippen LogP contribution in [-0.2, 0) is 13.0 Å². The maximum absolute atomic E-state index is 14.0. The van der Waals surface area contributed by atoms with Crippen molar-refractivity contribution >= 4 is 17.2 Å². The second-order valence-electron chi connectivity index (χ2n) is 5.54. The van der Waals surface area contributed by atoms with Crippen molar-refractivity contribution in [2.45, 2.75) is 13.0 Å². The van der Waals surface area contributed by atoms with Crippen LogP contribution in [0.4, 0.5) is 8.78 Å². The van der Waals surface area contributed by atoms with Crippen molar-refractivity contribution in [3.05, 3.63) is 87.9 Å². The van der Waals surface area contributed by atoms with E-state index in [-0.39, 0.29) is 5.56 Å². The molecule has 0 unspecified atom stereocenters. The fourth-order valence-electron chi connectivity index (χ4n) is 2.50. The van der Waals surface area contributed by atoms with Gasteiger partial charge in [-0.1, -0.05) is 12.1 Å². The molecular formula is C19H16F2N2OS. The van der Waals surface area contributed by atoms with E-state index in [0.717, 1.165) is 22.6 Å². The lowest BCUT2D eigenvalue weighted by Crippen LogP contribution is -2.33. The molecule has 0 radical (unpaired) electrons. The molecule has 0 N–H and O–H groups in total. The predicted octanol–water partition coefficient (Wildman–Crippen LogP) is 4.31. The zero-order chi connectivity index (χ0) is 17.6. The van der Waals surface area contributed by atoms with Gasteiger partial charge in [-0.15, -0.1) is 11.3 Å². The molecule has 2 heterocycles. The van der Waals surface area contributed by atoms with E-state index >= 15 is 0 Å². The smallest absolute Gasteiger partial charge is 0.257 e. The summed E-state index contributed by atoms with van der Waals surface area (Å²) < 4.78 is 27.1. The van der Waals surface area contributed by atoms with Gasteiger partial charge in [-0.25, -0.2) is 8.78 Å². The van der Waals surface area contributed by atoms with E-state index in [0.29, 0.717) is 19.5 Å². The van der Waals surface area contributed by atoms with E-state index in [1.54, 1.807) is 34.7 Å². The number of hydrogen-bond donors (Lipinski definition) is 0. The maximum Gasteiger partial charge on any atom is 0.257 e. The SMILES string of the molecule is O=C(c1ccc(F)cc1F)N(CCc1cccs1)Cc1cccnc1. The van der Waals surface area contributed by atoms with Gasteiger partial charge in [0.25, 0.3) is 5.91 Å². The summed E-state index contributed by atoms with van der Waals surface area (Å²) in [6.07, 6.45) is 4.00. The molecule has 6 heteroatoms. The van der Waals surface area contributed by atoms with Gasteiger partial charge in [0.2, 0.25) is 0 Å². The van der Waals surface area contributed by atoms with Crippen molar-refractivity contribution in [3.63, 3.8) is 0 Å². The lowest BCUT2D eigenvalue weighted by atomic mass is 10.1. The number of thiophene rings is 1. The van der Waals surface area contributed by atoms with Crippen LogP contribution < -0.4 is 0 Å². The van der Waals surface area contributed by atoms with Crippen molar-refractivity contribution < 1.29 is 13.6 Å². The Balaban J connectivity index is 1.82. The molecule has 1 amide bonds. The van der Waals surface area contributed by atoms with E-state index < -0.39 is 17.5 Å². The average molecular weight is 358 g/mol. The van der Waals surface area contributed by atoms with Crippen LogP contribution in [0.1, 0.15) is 20.8 Å². The quantitative estimate of drug-likeness (QED) is 0.658. The number of nitrogens with zero attached hydrogens (tertiary/aromatic N) is 2. The number of carbonyl (C=O) groups is 1. The first kappa shape index (κ1) is 17.2. The van der Waals surface area contributed by atoms with Gasteiger partial charge >= 0.3 is 0 Å². The standard InChI is InChI=1S/C19H16F2N2OS/c20-15-5-6-17(18(21)11-15)19(24)23(9-7-16-4-2-10-25-16)13-14-3-1-8-22-12-14/h1-6,8,10-12H,7,9,13H2. The van der Waals surface area contributed by atoms with Gasteiger partial charge in [0, 0.05) is 36.4 Å². The highest BCUT2D eigenvalue weighted by Gasteiger charge is 2.20. The van der Waals surface area contributed by atoms with Crippen LogP contribution in [0.2, 0.25) is 0 Å². The lowest BCUT2D eigenvalue weighted by Gasteiger charge is -2.23. The largest absolute Gasteiger partial charge is 0.334 e. The van der Waals surface area contributed by atoms with Gasteiger partial charge in [-0.2, -0.15) is 0 Å². The molecule has 2 aromatic heterocycles. The first-order valence-corrected chi connectivity index (χ1v) is 8.67. The molecule has 0 saturated carbocycles. The molecule has 0 saturated heterocycles. The second kappa shape index (κ2) is 7.98. The number of aromatic nitrogens is 1. The molecule has 3 nitrogen and oxygen atoms in total. The average Bonchev–Trinajstić information content (AvgIpc) is 3.12. The molecule has 3 aromatic rings. The molecule has 0 fully saturated rings. The summed E-state index contributed by atoms with van der Waals surface area (Å²) in [6.45, 7) is 0.750. The Hall–Kier alpha value is -2.60. The molecule has 0 atom stereocenters. The van der Waals surface area contributed by atoms with Crippen LogP contribution in [0.3, 0.4) is 0 Å². The molecule has 1 aromatic carbocycles. The normalized spacial score (nSPS) is 10.6. The molecule has 0 aliphatic carbocycles. The van der Waals surface area contributed by atoms with E-state index in [1.807, 2.05) is 23.6 Å². The monoisotopic (exact) mass is 358 g/mol. The Kier molecular flexibility index (Phi) is 5.50. The van der Waals surface area contributed by atoms with E-state index in [2.05, 4.69) is 4.98 Å². The summed E-state index contributed by atoms with van der Waals surface area (Å²) in [5.74, 6) is -2.01. The fourth-order valence-corrected chi connectivity index (χ4v) is 3.20. The third-order valence-corrected chi connectivity index (χ3v) is 4.69. The summed E-state index contributed by atoms with van der Waals surface area (Å²) in [7, 11) is 0. The molecule has 128 valence electrons. The summed E-state index contributed by atoms with van der Waals surface area (Å²) in [5, 5.41) is 1.97. The van der Waals surface area contributed by atoms with Crippen LogP contribution in [0.25, 0.3) is 0 Å². The second-order valence-corrected chi connectivity index (χ2v) is 6.57. The van der Waals surface area contributed by atoms with Crippen LogP contribution in [0, 0.1) is 11.6 Å². The number of hydrogen-bond acceptors (Lipinski definition) is 3. The molecule has 0 spiro atoms. The molecule has 3 rings (SSSR count). The number of benzene rings is 1. The Morgan fingerprint density at radius 1 is 1.16 bits per heavy atom. The van der Waals surface area contributed by atoms with Gasteiger partial charge in [0.15, 0.2) is 0 Å². The van der Waals surface area contributed by atoms with Crippen LogP contribution in [0.15, 0.2) is 60.2 Å². The Morgan fingerprint density at radius 2 is 2.04 bits per heavy atom. The molecule has 0 aliphatic heterocycles. The van der Waals surface area contributed by atoms with Crippen molar-refractivity contribution in [2.75, 3.05) is 6.54 Å². The van der Waals surface area contributed by atoms with Crippen molar-refractivity contribution in [3.8, 4) is 0 Å². The van der Waals surface area contributed by atoms with E-state index in [4.69, 9.17) is 0 Å². The maximum atomic E-state index is 14.0. The molecule has 25 heavy (non-hydrogen) atoms. The summed E-state index contributed by atoms with van der Waals surface area (Å²) in [5.41, 5.74) is 0.723. The first-order valence-electron chi connectivity index (χ1n) is 7.79. The zero-order valence-corrected chi connectivity index (χ0v) is 14.2.